The average Bonchev–Trinajstić information content (AvgIpc) is 2.42. The van der Waals surface area contributed by atoms with E-state index in [4.69, 9.17) is 4.74 Å². The third-order valence-corrected chi connectivity index (χ3v) is 5.38. The Bertz CT molecular complexity index is 427. The number of hydrogen-bond donors (Lipinski definition) is 0. The van der Waals surface area contributed by atoms with Gasteiger partial charge in [0.25, 0.3) is 0 Å². The molecule has 6 nitrogen and oxygen atoms in total. The van der Waals surface area contributed by atoms with Crippen molar-refractivity contribution in [3.63, 3.8) is 0 Å². The van der Waals surface area contributed by atoms with Crippen molar-refractivity contribution in [1.82, 2.24) is 0 Å². The summed E-state index contributed by atoms with van der Waals surface area (Å²) in [6.07, 6.45) is 1.31. The van der Waals surface area contributed by atoms with E-state index in [0.29, 0.717) is 6.42 Å². The van der Waals surface area contributed by atoms with Crippen LogP contribution in [0.15, 0.2) is 0 Å². The van der Waals surface area contributed by atoms with Crippen LogP contribution in [-0.4, -0.2) is 44.6 Å². The Morgan fingerprint density at radius 2 is 1.76 bits per heavy atom. The molecule has 0 heterocycles. The second-order valence-electron chi connectivity index (χ2n) is 5.16. The Balaban J connectivity index is 4.29. The van der Waals surface area contributed by atoms with Gasteiger partial charge in [0.2, 0.25) is 0 Å². The first-order valence-corrected chi connectivity index (χ1v) is 8.95. The van der Waals surface area contributed by atoms with E-state index in [1.54, 1.807) is 13.8 Å². The van der Waals surface area contributed by atoms with Crippen LogP contribution >= 0.6 is 0 Å². The summed E-state index contributed by atoms with van der Waals surface area (Å²) in [4.78, 5) is 23.1. The second-order valence-corrected chi connectivity index (χ2v) is 7.84. The standard InChI is InChI=1S/C14H26O6S/c1-5-6-8-12(14(16)19-4)20-13(15)9-7-10-21(17,18)11(2)3/h11-12H,5-10H2,1-4H3. The highest BCUT2D eigenvalue weighted by Crippen LogP contribution is 2.10. The molecule has 0 bridgehead atoms. The Hall–Kier alpha value is -1.11. The predicted molar refractivity (Wildman–Crippen MR) is 79.6 cm³/mol. The molecule has 0 aliphatic rings. The zero-order chi connectivity index (χ0) is 16.5. The average molecular weight is 322 g/mol. The maximum atomic E-state index is 11.7. The van der Waals surface area contributed by atoms with Crippen LogP contribution in [0.1, 0.15) is 52.9 Å². The summed E-state index contributed by atoms with van der Waals surface area (Å²) in [5.74, 6) is -1.20. The van der Waals surface area contributed by atoms with E-state index in [9.17, 15) is 18.0 Å². The van der Waals surface area contributed by atoms with E-state index in [1.165, 1.54) is 7.11 Å². The van der Waals surface area contributed by atoms with E-state index in [2.05, 4.69) is 4.74 Å². The quantitative estimate of drug-likeness (QED) is 0.571. The molecule has 0 aliphatic carbocycles. The van der Waals surface area contributed by atoms with Crippen LogP contribution in [0.4, 0.5) is 0 Å². The minimum Gasteiger partial charge on any atom is -0.466 e. The molecule has 0 rings (SSSR count). The molecular weight excluding hydrogens is 296 g/mol. The first-order chi connectivity index (χ1) is 9.74. The molecule has 0 saturated carbocycles. The molecule has 0 spiro atoms. The molecule has 0 amide bonds. The van der Waals surface area contributed by atoms with Crippen molar-refractivity contribution in [3.8, 4) is 0 Å². The molecule has 7 heteroatoms. The predicted octanol–water partition coefficient (Wildman–Crippen LogP) is 1.86. The van der Waals surface area contributed by atoms with Gasteiger partial charge in [-0.05, 0) is 33.1 Å². The summed E-state index contributed by atoms with van der Waals surface area (Å²) < 4.78 is 32.9. The number of carbonyl (C=O) groups is 2. The van der Waals surface area contributed by atoms with Crippen LogP contribution in [-0.2, 0) is 28.9 Å². The zero-order valence-corrected chi connectivity index (χ0v) is 14.1. The van der Waals surface area contributed by atoms with Crippen molar-refractivity contribution in [3.05, 3.63) is 0 Å². The van der Waals surface area contributed by atoms with Crippen molar-refractivity contribution >= 4 is 21.8 Å². The number of hydrogen-bond acceptors (Lipinski definition) is 6. The maximum Gasteiger partial charge on any atom is 0.347 e. The fraction of sp³-hybridized carbons (Fsp3) is 0.857. The van der Waals surface area contributed by atoms with Gasteiger partial charge in [-0.2, -0.15) is 0 Å². The second kappa shape index (κ2) is 9.76. The van der Waals surface area contributed by atoms with Crippen LogP contribution in [0.25, 0.3) is 0 Å². The minimum absolute atomic E-state index is 0.0223. The molecule has 0 N–H and O–H groups in total. The Morgan fingerprint density at radius 3 is 2.24 bits per heavy atom. The van der Waals surface area contributed by atoms with Gasteiger partial charge in [-0.15, -0.1) is 0 Å². The topological polar surface area (TPSA) is 86.7 Å². The van der Waals surface area contributed by atoms with Gasteiger partial charge in [0.05, 0.1) is 18.1 Å². The lowest BCUT2D eigenvalue weighted by atomic mass is 10.1. The lowest BCUT2D eigenvalue weighted by Gasteiger charge is -2.15. The summed E-state index contributed by atoms with van der Waals surface area (Å²) >= 11 is 0. The smallest absolute Gasteiger partial charge is 0.347 e. The first kappa shape index (κ1) is 19.9. The monoisotopic (exact) mass is 322 g/mol. The van der Waals surface area contributed by atoms with Crippen LogP contribution in [0, 0.1) is 0 Å². The van der Waals surface area contributed by atoms with Gasteiger partial charge >= 0.3 is 11.9 Å². The van der Waals surface area contributed by atoms with Crippen molar-refractivity contribution in [1.29, 1.82) is 0 Å². The van der Waals surface area contributed by atoms with Gasteiger partial charge in [-0.1, -0.05) is 13.3 Å². The zero-order valence-electron chi connectivity index (χ0n) is 13.3. The fourth-order valence-electron chi connectivity index (χ4n) is 1.62. The summed E-state index contributed by atoms with van der Waals surface area (Å²) in [6.45, 7) is 5.17. The molecule has 0 aromatic carbocycles. The molecule has 0 fully saturated rings. The molecule has 124 valence electrons. The summed E-state index contributed by atoms with van der Waals surface area (Å²) in [5.41, 5.74) is 0. The summed E-state index contributed by atoms with van der Waals surface area (Å²) in [7, 11) is -1.92. The molecule has 1 unspecified atom stereocenters. The lowest BCUT2D eigenvalue weighted by Crippen LogP contribution is -2.28. The van der Waals surface area contributed by atoms with E-state index in [1.807, 2.05) is 6.92 Å². The van der Waals surface area contributed by atoms with Crippen molar-refractivity contribution in [2.45, 2.75) is 64.2 Å². The van der Waals surface area contributed by atoms with E-state index in [0.717, 1.165) is 12.8 Å². The van der Waals surface area contributed by atoms with Gasteiger partial charge in [0.1, 0.15) is 0 Å². The molecular formula is C14H26O6S. The molecule has 0 radical (unpaired) electrons. The number of ether oxygens (including phenoxy) is 2. The van der Waals surface area contributed by atoms with Crippen molar-refractivity contribution in [2.24, 2.45) is 0 Å². The minimum atomic E-state index is -3.16. The van der Waals surface area contributed by atoms with Crippen molar-refractivity contribution < 1.29 is 27.5 Å². The summed E-state index contributed by atoms with van der Waals surface area (Å²) in [6, 6.07) is 0. The highest BCUT2D eigenvalue weighted by molar-refractivity contribution is 7.91. The van der Waals surface area contributed by atoms with Gasteiger partial charge < -0.3 is 9.47 Å². The lowest BCUT2D eigenvalue weighted by molar-refractivity contribution is -0.166. The number of esters is 2. The molecule has 0 aromatic rings. The Morgan fingerprint density at radius 1 is 1.14 bits per heavy atom. The van der Waals surface area contributed by atoms with Crippen molar-refractivity contribution in [2.75, 3.05) is 12.9 Å². The van der Waals surface area contributed by atoms with Crippen LogP contribution in [0.5, 0.6) is 0 Å². The number of carbonyl (C=O) groups excluding carboxylic acids is 2. The summed E-state index contributed by atoms with van der Waals surface area (Å²) in [5, 5.41) is -0.458. The molecule has 1 atom stereocenters. The molecule has 0 aliphatic heterocycles. The Labute approximate surface area is 127 Å². The highest BCUT2D eigenvalue weighted by atomic mass is 32.2. The van der Waals surface area contributed by atoms with Crippen LogP contribution < -0.4 is 0 Å². The van der Waals surface area contributed by atoms with Gasteiger partial charge in [0, 0.05) is 6.42 Å². The van der Waals surface area contributed by atoms with E-state index < -0.39 is 33.1 Å². The third kappa shape index (κ3) is 8.04. The number of methoxy groups -OCH3 is 1. The largest absolute Gasteiger partial charge is 0.466 e. The Kier molecular flexibility index (Phi) is 9.24. The van der Waals surface area contributed by atoms with E-state index in [-0.39, 0.29) is 18.6 Å². The highest BCUT2D eigenvalue weighted by Gasteiger charge is 2.23. The number of rotatable bonds is 10. The third-order valence-electron chi connectivity index (χ3n) is 3.09. The molecule has 21 heavy (non-hydrogen) atoms. The number of unbranched alkanes of at least 4 members (excludes halogenated alkanes) is 1. The molecule has 0 saturated heterocycles. The van der Waals surface area contributed by atoms with Gasteiger partial charge in [-0.25, -0.2) is 13.2 Å². The van der Waals surface area contributed by atoms with Crippen LogP contribution in [0.2, 0.25) is 0 Å². The van der Waals surface area contributed by atoms with Crippen LogP contribution in [0.3, 0.4) is 0 Å². The SMILES string of the molecule is CCCCC(OC(=O)CCCS(=O)(=O)C(C)C)C(=O)OC. The number of sulfone groups is 1. The fourth-order valence-corrected chi connectivity index (χ4v) is 2.63. The maximum absolute atomic E-state index is 11.7. The van der Waals surface area contributed by atoms with E-state index >= 15 is 0 Å². The van der Waals surface area contributed by atoms with Gasteiger partial charge in [-0.3, -0.25) is 4.79 Å². The normalized spacial score (nSPS) is 13.0. The molecule has 0 aromatic heterocycles. The first-order valence-electron chi connectivity index (χ1n) is 7.23. The van der Waals surface area contributed by atoms with Gasteiger partial charge in [0.15, 0.2) is 15.9 Å².